The minimum atomic E-state index is -0.949. The molecule has 2 heterocycles. The van der Waals surface area contributed by atoms with Crippen LogP contribution in [0, 0.1) is 20.8 Å². The van der Waals surface area contributed by atoms with Gasteiger partial charge in [0, 0.05) is 17.7 Å². The van der Waals surface area contributed by atoms with Gasteiger partial charge in [-0.15, -0.1) is 0 Å². The lowest BCUT2D eigenvalue weighted by atomic mass is 10.1. The summed E-state index contributed by atoms with van der Waals surface area (Å²) in [4.78, 5) is 21.0. The van der Waals surface area contributed by atoms with E-state index in [1.807, 2.05) is 32.0 Å². The van der Waals surface area contributed by atoms with Crippen molar-refractivity contribution in [1.29, 1.82) is 0 Å². The topological polar surface area (TPSA) is 77.2 Å². The van der Waals surface area contributed by atoms with Crippen molar-refractivity contribution < 1.29 is 14.6 Å². The van der Waals surface area contributed by atoms with Crippen molar-refractivity contribution in [3.8, 4) is 5.75 Å². The Morgan fingerprint density at radius 1 is 1.03 bits per heavy atom. The zero-order valence-corrected chi connectivity index (χ0v) is 18.8. The predicted octanol–water partition coefficient (Wildman–Crippen LogP) is 5.24. The molecule has 2 aromatic heterocycles. The third-order valence-corrected chi connectivity index (χ3v) is 5.63. The molecule has 6 heteroatoms. The Morgan fingerprint density at radius 2 is 1.81 bits per heavy atom. The first kappa shape index (κ1) is 21.6. The SMILES string of the molecule is CCc1nc2c(C)cc(C)nc2n1Cc1ccc(OCc2ccccc2C(=O)O)c(C)c1. The van der Waals surface area contributed by atoms with Crippen molar-refractivity contribution in [1.82, 2.24) is 14.5 Å². The number of nitrogens with zero attached hydrogens (tertiary/aromatic N) is 3. The molecule has 0 saturated heterocycles. The summed E-state index contributed by atoms with van der Waals surface area (Å²) in [5, 5.41) is 9.36. The minimum Gasteiger partial charge on any atom is -0.489 e. The Kier molecular flexibility index (Phi) is 5.95. The van der Waals surface area contributed by atoms with Gasteiger partial charge >= 0.3 is 5.97 Å². The van der Waals surface area contributed by atoms with Crippen LogP contribution < -0.4 is 4.74 Å². The second-order valence-electron chi connectivity index (χ2n) is 8.07. The quantitative estimate of drug-likeness (QED) is 0.434. The van der Waals surface area contributed by atoms with Crippen molar-refractivity contribution in [3.63, 3.8) is 0 Å². The Bertz CT molecular complexity index is 1310. The number of fused-ring (bicyclic) bond motifs is 1. The van der Waals surface area contributed by atoms with E-state index in [4.69, 9.17) is 14.7 Å². The van der Waals surface area contributed by atoms with Gasteiger partial charge in [0.05, 0.1) is 12.1 Å². The lowest BCUT2D eigenvalue weighted by molar-refractivity contribution is 0.0694. The van der Waals surface area contributed by atoms with Gasteiger partial charge in [-0.2, -0.15) is 0 Å². The van der Waals surface area contributed by atoms with Crippen LogP contribution in [-0.4, -0.2) is 25.6 Å². The van der Waals surface area contributed by atoms with Gasteiger partial charge in [0.2, 0.25) is 0 Å². The summed E-state index contributed by atoms with van der Waals surface area (Å²) in [5.41, 5.74) is 7.05. The highest BCUT2D eigenvalue weighted by Crippen LogP contribution is 2.25. The normalized spacial score (nSPS) is 11.1. The van der Waals surface area contributed by atoms with E-state index in [9.17, 15) is 9.90 Å². The number of carboxylic acids is 1. The largest absolute Gasteiger partial charge is 0.489 e. The number of aromatic carboxylic acids is 1. The van der Waals surface area contributed by atoms with Gasteiger partial charge in [0.25, 0.3) is 0 Å². The van der Waals surface area contributed by atoms with E-state index in [1.54, 1.807) is 18.2 Å². The highest BCUT2D eigenvalue weighted by molar-refractivity contribution is 5.89. The molecule has 0 aliphatic rings. The van der Waals surface area contributed by atoms with Crippen LogP contribution >= 0.6 is 0 Å². The van der Waals surface area contributed by atoms with Crippen LogP contribution in [0.4, 0.5) is 0 Å². The van der Waals surface area contributed by atoms with Crippen LogP contribution in [0.2, 0.25) is 0 Å². The number of benzene rings is 2. The molecular weight excluding hydrogens is 402 g/mol. The Labute approximate surface area is 187 Å². The predicted molar refractivity (Wildman–Crippen MR) is 124 cm³/mol. The molecule has 0 aliphatic carbocycles. The molecule has 6 nitrogen and oxygen atoms in total. The summed E-state index contributed by atoms with van der Waals surface area (Å²) in [5.74, 6) is 0.809. The van der Waals surface area contributed by atoms with Crippen LogP contribution in [0.15, 0.2) is 48.5 Å². The third-order valence-electron chi connectivity index (χ3n) is 5.63. The van der Waals surface area contributed by atoms with Crippen LogP contribution in [-0.2, 0) is 19.6 Å². The van der Waals surface area contributed by atoms with Crippen LogP contribution in [0.3, 0.4) is 0 Å². The van der Waals surface area contributed by atoms with Gasteiger partial charge in [0.1, 0.15) is 23.7 Å². The second kappa shape index (κ2) is 8.83. The number of pyridine rings is 1. The zero-order chi connectivity index (χ0) is 22.8. The molecule has 0 atom stereocenters. The molecular formula is C26H27N3O3. The molecule has 0 spiro atoms. The lowest BCUT2D eigenvalue weighted by Crippen LogP contribution is -2.07. The molecule has 0 unspecified atom stereocenters. The van der Waals surface area contributed by atoms with Crippen molar-refractivity contribution in [2.24, 2.45) is 0 Å². The zero-order valence-electron chi connectivity index (χ0n) is 18.8. The number of hydrogen-bond acceptors (Lipinski definition) is 4. The number of imidazole rings is 1. The van der Waals surface area contributed by atoms with Crippen molar-refractivity contribution in [2.45, 2.75) is 47.3 Å². The molecule has 0 aliphatic heterocycles. The smallest absolute Gasteiger partial charge is 0.336 e. The fourth-order valence-electron chi connectivity index (χ4n) is 4.05. The first-order valence-electron chi connectivity index (χ1n) is 10.7. The van der Waals surface area contributed by atoms with Crippen LogP contribution in [0.1, 0.15) is 51.1 Å². The van der Waals surface area contributed by atoms with Gasteiger partial charge in [-0.3, -0.25) is 0 Å². The van der Waals surface area contributed by atoms with E-state index in [2.05, 4.69) is 30.5 Å². The maximum absolute atomic E-state index is 11.4. The second-order valence-corrected chi connectivity index (χ2v) is 8.07. The standard InChI is InChI=1S/C26H27N3O3/c1-5-23-28-24-17(3)12-18(4)27-25(24)29(23)14-19-10-11-22(16(2)13-19)32-15-20-8-6-7-9-21(20)26(30)31/h6-13H,5,14-15H2,1-4H3,(H,30,31). The van der Waals surface area contributed by atoms with Crippen molar-refractivity contribution in [3.05, 3.63) is 87.9 Å². The van der Waals surface area contributed by atoms with Gasteiger partial charge in [-0.1, -0.05) is 37.3 Å². The maximum Gasteiger partial charge on any atom is 0.336 e. The van der Waals surface area contributed by atoms with E-state index < -0.39 is 5.97 Å². The monoisotopic (exact) mass is 429 g/mol. The lowest BCUT2D eigenvalue weighted by Gasteiger charge is -2.13. The number of aryl methyl sites for hydroxylation is 4. The summed E-state index contributed by atoms with van der Waals surface area (Å²) in [6.45, 7) is 9.08. The van der Waals surface area contributed by atoms with Gasteiger partial charge in [-0.25, -0.2) is 14.8 Å². The fraction of sp³-hybridized carbons (Fsp3) is 0.269. The first-order chi connectivity index (χ1) is 15.4. The van der Waals surface area contributed by atoms with E-state index in [0.717, 1.165) is 51.5 Å². The Hall–Kier alpha value is -3.67. The molecule has 4 aromatic rings. The first-order valence-corrected chi connectivity index (χ1v) is 10.7. The van der Waals surface area contributed by atoms with E-state index >= 15 is 0 Å². The molecule has 0 amide bonds. The average Bonchev–Trinajstić information content (AvgIpc) is 3.11. The number of carboxylic acid groups (broad SMARTS) is 1. The number of rotatable bonds is 7. The number of aromatic nitrogens is 3. The Balaban J connectivity index is 1.58. The van der Waals surface area contributed by atoms with Gasteiger partial charge < -0.3 is 14.4 Å². The fourth-order valence-corrected chi connectivity index (χ4v) is 4.05. The summed E-state index contributed by atoms with van der Waals surface area (Å²) < 4.78 is 8.14. The highest BCUT2D eigenvalue weighted by Gasteiger charge is 2.15. The average molecular weight is 430 g/mol. The molecule has 4 rings (SSSR count). The van der Waals surface area contributed by atoms with E-state index in [-0.39, 0.29) is 12.2 Å². The van der Waals surface area contributed by atoms with Crippen LogP contribution in [0.25, 0.3) is 11.2 Å². The van der Waals surface area contributed by atoms with E-state index in [1.165, 1.54) is 0 Å². The Morgan fingerprint density at radius 3 is 2.53 bits per heavy atom. The molecule has 32 heavy (non-hydrogen) atoms. The van der Waals surface area contributed by atoms with Gasteiger partial charge in [-0.05, 0) is 55.7 Å². The third kappa shape index (κ3) is 4.21. The van der Waals surface area contributed by atoms with Crippen LogP contribution in [0.5, 0.6) is 5.75 Å². The van der Waals surface area contributed by atoms with Gasteiger partial charge in [0.15, 0.2) is 5.65 Å². The molecule has 1 N–H and O–H groups in total. The number of carbonyl (C=O) groups is 1. The van der Waals surface area contributed by atoms with E-state index in [0.29, 0.717) is 12.1 Å². The van der Waals surface area contributed by atoms with Crippen molar-refractivity contribution >= 4 is 17.1 Å². The highest BCUT2D eigenvalue weighted by atomic mass is 16.5. The summed E-state index contributed by atoms with van der Waals surface area (Å²) >= 11 is 0. The number of ether oxygens (including phenoxy) is 1. The molecule has 0 radical (unpaired) electrons. The molecule has 0 bridgehead atoms. The molecule has 0 fully saturated rings. The van der Waals surface area contributed by atoms with Crippen molar-refractivity contribution in [2.75, 3.05) is 0 Å². The minimum absolute atomic E-state index is 0.206. The molecule has 0 saturated carbocycles. The number of hydrogen-bond donors (Lipinski definition) is 1. The summed E-state index contributed by atoms with van der Waals surface area (Å²) in [6.07, 6.45) is 0.831. The summed E-state index contributed by atoms with van der Waals surface area (Å²) in [6, 6.07) is 15.1. The molecule has 164 valence electrons. The summed E-state index contributed by atoms with van der Waals surface area (Å²) in [7, 11) is 0. The maximum atomic E-state index is 11.4. The molecule has 2 aromatic carbocycles.